The largest absolute Gasteiger partial charge is 0.478 e. The lowest BCUT2D eigenvalue weighted by Gasteiger charge is -2.27. The van der Waals surface area contributed by atoms with Gasteiger partial charge in [-0.1, -0.05) is 11.6 Å². The molecule has 2 aromatic rings. The predicted molar refractivity (Wildman–Crippen MR) is 102 cm³/mol. The molecule has 0 unspecified atom stereocenters. The summed E-state index contributed by atoms with van der Waals surface area (Å²) < 4.78 is 13.0. The monoisotopic (exact) mass is 391 g/mol. The van der Waals surface area contributed by atoms with Gasteiger partial charge < -0.3 is 15.7 Å². The summed E-state index contributed by atoms with van der Waals surface area (Å²) in [5.41, 5.74) is 0.269. The molecule has 0 aliphatic carbocycles. The number of nitrogens with zero attached hydrogens (tertiary/aromatic N) is 1. The van der Waals surface area contributed by atoms with Crippen molar-refractivity contribution >= 4 is 35.4 Å². The van der Waals surface area contributed by atoms with Crippen molar-refractivity contribution in [3.8, 4) is 0 Å². The number of halogens is 2. The molecular weight excluding hydrogens is 373 g/mol. The van der Waals surface area contributed by atoms with E-state index in [9.17, 15) is 14.0 Å². The molecule has 1 aromatic heterocycles. The highest BCUT2D eigenvalue weighted by atomic mass is 35.5. The number of hydrogen-bond acceptors (Lipinski definition) is 4. The average Bonchev–Trinajstić information content (AvgIpc) is 2.59. The summed E-state index contributed by atoms with van der Waals surface area (Å²) in [6, 6.07) is 6.86. The molecule has 0 aliphatic rings. The molecule has 0 radical (unpaired) electrons. The molecule has 142 valence electrons. The van der Waals surface area contributed by atoms with Crippen LogP contribution in [0.1, 0.15) is 29.8 Å². The lowest BCUT2D eigenvalue weighted by molar-refractivity contribution is -0.131. The Labute approximate surface area is 161 Å². The van der Waals surface area contributed by atoms with Gasteiger partial charge in [-0.25, -0.2) is 14.2 Å². The number of aliphatic carboxylic acids is 1. The molecule has 0 saturated carbocycles. The Kier molecular flexibility index (Phi) is 6.52. The van der Waals surface area contributed by atoms with Crippen LogP contribution in [0.3, 0.4) is 0 Å². The Morgan fingerprint density at radius 3 is 2.56 bits per heavy atom. The summed E-state index contributed by atoms with van der Waals surface area (Å²) in [6.07, 6.45) is 3.87. The van der Waals surface area contributed by atoms with Crippen molar-refractivity contribution < 1.29 is 19.1 Å². The number of pyridine rings is 1. The van der Waals surface area contributed by atoms with Crippen LogP contribution in [0, 0.1) is 5.82 Å². The average molecular weight is 392 g/mol. The normalized spacial score (nSPS) is 11.4. The lowest BCUT2D eigenvalue weighted by Crippen LogP contribution is -2.48. The summed E-state index contributed by atoms with van der Waals surface area (Å²) in [5.74, 6) is -1.38. The number of carboxylic acid groups (broad SMARTS) is 1. The fourth-order valence-electron chi connectivity index (χ4n) is 2.17. The van der Waals surface area contributed by atoms with E-state index in [1.807, 2.05) is 13.8 Å². The summed E-state index contributed by atoms with van der Waals surface area (Å²) in [4.78, 5) is 27.0. The molecule has 2 rings (SSSR count). The molecule has 0 spiro atoms. The van der Waals surface area contributed by atoms with E-state index in [0.717, 1.165) is 6.08 Å². The van der Waals surface area contributed by atoms with E-state index in [2.05, 4.69) is 15.6 Å². The van der Waals surface area contributed by atoms with Crippen LogP contribution in [0.25, 0.3) is 6.08 Å². The third-order valence-electron chi connectivity index (χ3n) is 3.54. The molecule has 0 bridgehead atoms. The van der Waals surface area contributed by atoms with Crippen LogP contribution in [0.2, 0.25) is 5.02 Å². The highest BCUT2D eigenvalue weighted by Gasteiger charge is 2.21. The fourth-order valence-corrected chi connectivity index (χ4v) is 2.41. The minimum Gasteiger partial charge on any atom is -0.478 e. The summed E-state index contributed by atoms with van der Waals surface area (Å²) in [7, 11) is 0. The summed E-state index contributed by atoms with van der Waals surface area (Å²) in [5, 5.41) is 14.9. The van der Waals surface area contributed by atoms with Crippen molar-refractivity contribution in [2.45, 2.75) is 19.4 Å². The fraction of sp³-hybridized carbons (Fsp3) is 0.211. The van der Waals surface area contributed by atoms with Gasteiger partial charge in [0.2, 0.25) is 0 Å². The Balaban J connectivity index is 1.98. The smallest absolute Gasteiger partial charge is 0.328 e. The second kappa shape index (κ2) is 8.64. The zero-order valence-corrected chi connectivity index (χ0v) is 15.5. The van der Waals surface area contributed by atoms with Crippen LogP contribution < -0.4 is 10.6 Å². The van der Waals surface area contributed by atoms with Crippen LogP contribution in [0.4, 0.5) is 10.2 Å². The number of hydrogen-bond donors (Lipinski definition) is 3. The topological polar surface area (TPSA) is 91.3 Å². The highest BCUT2D eigenvalue weighted by Crippen LogP contribution is 2.21. The van der Waals surface area contributed by atoms with Gasteiger partial charge >= 0.3 is 5.97 Å². The Bertz CT molecular complexity index is 867. The third kappa shape index (κ3) is 6.38. The van der Waals surface area contributed by atoms with Crippen molar-refractivity contribution in [3.63, 3.8) is 0 Å². The minimum absolute atomic E-state index is 0.322. The standard InChI is InChI=1S/C19H19ClFN3O3/c1-19(2,24-18(27)13-4-6-14(21)7-5-13)11-23-17-15(20)9-12(10-22-17)3-8-16(25)26/h3-10H,11H2,1-2H3,(H,22,23)(H,24,27)(H,25,26). The van der Waals surface area contributed by atoms with Gasteiger partial charge in [0, 0.05) is 24.4 Å². The Morgan fingerprint density at radius 1 is 1.30 bits per heavy atom. The number of anilines is 1. The maximum Gasteiger partial charge on any atom is 0.328 e. The second-order valence-electron chi connectivity index (χ2n) is 6.47. The quantitative estimate of drug-likeness (QED) is 0.627. The molecule has 0 atom stereocenters. The van der Waals surface area contributed by atoms with Gasteiger partial charge in [0.05, 0.1) is 10.6 Å². The van der Waals surface area contributed by atoms with E-state index in [0.29, 0.717) is 28.5 Å². The summed E-state index contributed by atoms with van der Waals surface area (Å²) in [6.45, 7) is 3.97. The molecule has 0 fully saturated rings. The number of rotatable bonds is 7. The molecule has 3 N–H and O–H groups in total. The highest BCUT2D eigenvalue weighted by molar-refractivity contribution is 6.33. The first-order chi connectivity index (χ1) is 12.7. The Morgan fingerprint density at radius 2 is 1.96 bits per heavy atom. The van der Waals surface area contributed by atoms with Crippen molar-refractivity contribution in [1.29, 1.82) is 0 Å². The van der Waals surface area contributed by atoms with Crippen LogP contribution >= 0.6 is 11.6 Å². The van der Waals surface area contributed by atoms with E-state index < -0.39 is 17.3 Å². The molecule has 0 saturated heterocycles. The number of amides is 1. The first kappa shape index (κ1) is 20.4. The van der Waals surface area contributed by atoms with Crippen LogP contribution in [0.15, 0.2) is 42.6 Å². The van der Waals surface area contributed by atoms with Crippen molar-refractivity contribution in [2.75, 3.05) is 11.9 Å². The number of nitrogens with one attached hydrogen (secondary N) is 2. The van der Waals surface area contributed by atoms with E-state index in [4.69, 9.17) is 16.7 Å². The van der Waals surface area contributed by atoms with Crippen molar-refractivity contribution in [3.05, 3.63) is 64.6 Å². The molecular formula is C19H19ClFN3O3. The van der Waals surface area contributed by atoms with Gasteiger partial charge in [-0.05, 0) is 55.8 Å². The second-order valence-corrected chi connectivity index (χ2v) is 6.88. The van der Waals surface area contributed by atoms with Gasteiger partial charge in [-0.2, -0.15) is 0 Å². The van der Waals surface area contributed by atoms with Gasteiger partial charge in [0.25, 0.3) is 5.91 Å². The van der Waals surface area contributed by atoms with Crippen molar-refractivity contribution in [2.24, 2.45) is 0 Å². The SMILES string of the molecule is CC(C)(CNc1ncc(C=CC(=O)O)cc1Cl)NC(=O)c1ccc(F)cc1. The predicted octanol–water partition coefficient (Wildman–Crippen LogP) is 3.59. The third-order valence-corrected chi connectivity index (χ3v) is 3.82. The lowest BCUT2D eigenvalue weighted by atomic mass is 10.0. The van der Waals surface area contributed by atoms with E-state index in [1.165, 1.54) is 36.5 Å². The van der Waals surface area contributed by atoms with Gasteiger partial charge in [0.1, 0.15) is 11.6 Å². The molecule has 6 nitrogen and oxygen atoms in total. The van der Waals surface area contributed by atoms with Crippen molar-refractivity contribution in [1.82, 2.24) is 10.3 Å². The number of carbonyl (C=O) groups is 2. The van der Waals surface area contributed by atoms with Crippen LogP contribution in [-0.4, -0.2) is 34.1 Å². The molecule has 0 aliphatic heterocycles. The maximum absolute atomic E-state index is 13.0. The first-order valence-electron chi connectivity index (χ1n) is 8.05. The van der Waals surface area contributed by atoms with Crippen LogP contribution in [0.5, 0.6) is 0 Å². The molecule has 1 amide bonds. The molecule has 1 heterocycles. The zero-order valence-electron chi connectivity index (χ0n) is 14.8. The van der Waals surface area contributed by atoms with Gasteiger partial charge in [0.15, 0.2) is 0 Å². The molecule has 27 heavy (non-hydrogen) atoms. The van der Waals surface area contributed by atoms with E-state index >= 15 is 0 Å². The molecule has 8 heteroatoms. The van der Waals surface area contributed by atoms with Gasteiger partial charge in [-0.3, -0.25) is 4.79 Å². The maximum atomic E-state index is 13.0. The van der Waals surface area contributed by atoms with E-state index in [1.54, 1.807) is 6.07 Å². The Hall–Kier alpha value is -2.93. The van der Waals surface area contributed by atoms with Crippen LogP contribution in [-0.2, 0) is 4.79 Å². The molecule has 1 aromatic carbocycles. The minimum atomic E-state index is -1.06. The number of aromatic nitrogens is 1. The van der Waals surface area contributed by atoms with E-state index in [-0.39, 0.29) is 5.91 Å². The summed E-state index contributed by atoms with van der Waals surface area (Å²) >= 11 is 6.16. The zero-order chi connectivity index (χ0) is 20.0. The van der Waals surface area contributed by atoms with Gasteiger partial charge in [-0.15, -0.1) is 0 Å². The number of benzene rings is 1. The number of carbonyl (C=O) groups excluding carboxylic acids is 1. The number of carboxylic acids is 1. The first-order valence-corrected chi connectivity index (χ1v) is 8.42.